The van der Waals surface area contributed by atoms with Crippen LogP contribution in [0.1, 0.15) is 44.9 Å². The fraction of sp³-hybridized carbons (Fsp3) is 0.667. The van der Waals surface area contributed by atoms with Crippen LogP contribution in [0, 0.1) is 0 Å². The maximum absolute atomic E-state index is 12.5. The Morgan fingerprint density at radius 1 is 1.12 bits per heavy atom. The van der Waals surface area contributed by atoms with E-state index in [1.54, 1.807) is 0 Å². The highest BCUT2D eigenvalue weighted by Gasteiger charge is 2.48. The summed E-state index contributed by atoms with van der Waals surface area (Å²) < 4.78 is 0. The predicted octanol–water partition coefficient (Wildman–Crippen LogP) is 2.85. The molecule has 1 aliphatic heterocycles. The molecule has 0 radical (unpaired) electrons. The largest absolute Gasteiger partial charge is 0.297 e. The van der Waals surface area contributed by atoms with Crippen molar-refractivity contribution in [3.8, 4) is 0 Å². The average Bonchev–Trinajstić information content (AvgIpc) is 2.31. The van der Waals surface area contributed by atoms with Gasteiger partial charge in [0.2, 0.25) is 0 Å². The van der Waals surface area contributed by atoms with Gasteiger partial charge in [-0.25, -0.2) is 0 Å². The van der Waals surface area contributed by atoms with E-state index in [1.807, 2.05) is 0 Å². The van der Waals surface area contributed by atoms with E-state index < -0.39 is 0 Å². The van der Waals surface area contributed by atoms with Crippen LogP contribution in [-0.4, -0.2) is 29.3 Å². The molecule has 0 bridgehead atoms. The molecule has 0 aromatic heterocycles. The highest BCUT2D eigenvalue weighted by Crippen LogP contribution is 2.41. The molecule has 92 valence electrons. The SMILES string of the molecule is O=C1CCCC[C@@]1(C1=CCCC=C1)N1CCC1. The molecule has 1 atom stereocenters. The minimum absolute atomic E-state index is 0.229. The first-order valence-electron chi connectivity index (χ1n) is 6.99. The minimum Gasteiger partial charge on any atom is -0.297 e. The van der Waals surface area contributed by atoms with E-state index in [4.69, 9.17) is 0 Å². The van der Waals surface area contributed by atoms with Crippen LogP contribution in [0.3, 0.4) is 0 Å². The third kappa shape index (κ3) is 1.70. The van der Waals surface area contributed by atoms with E-state index in [-0.39, 0.29) is 5.54 Å². The Hall–Kier alpha value is -0.890. The number of hydrogen-bond acceptors (Lipinski definition) is 2. The van der Waals surface area contributed by atoms with Gasteiger partial charge in [-0.05, 0) is 37.7 Å². The molecule has 0 aromatic carbocycles. The molecule has 3 aliphatic rings. The summed E-state index contributed by atoms with van der Waals surface area (Å²) in [6.45, 7) is 2.22. The summed E-state index contributed by atoms with van der Waals surface area (Å²) >= 11 is 0. The zero-order valence-electron chi connectivity index (χ0n) is 10.5. The number of hydrogen-bond donors (Lipinski definition) is 0. The van der Waals surface area contributed by atoms with Gasteiger partial charge < -0.3 is 0 Å². The zero-order chi connectivity index (χ0) is 11.7. The van der Waals surface area contributed by atoms with Crippen LogP contribution in [-0.2, 0) is 4.79 Å². The summed E-state index contributed by atoms with van der Waals surface area (Å²) in [5, 5.41) is 0. The van der Waals surface area contributed by atoms with Gasteiger partial charge in [-0.1, -0.05) is 24.6 Å². The lowest BCUT2D eigenvalue weighted by atomic mass is 9.71. The van der Waals surface area contributed by atoms with Crippen LogP contribution in [0.25, 0.3) is 0 Å². The molecule has 1 saturated carbocycles. The smallest absolute Gasteiger partial charge is 0.157 e. The summed E-state index contributed by atoms with van der Waals surface area (Å²) in [5.74, 6) is 0.473. The molecular formula is C15H21NO. The van der Waals surface area contributed by atoms with Crippen molar-refractivity contribution in [3.05, 3.63) is 23.8 Å². The highest BCUT2D eigenvalue weighted by molar-refractivity contribution is 5.93. The fourth-order valence-electron chi connectivity index (χ4n) is 3.45. The Labute approximate surface area is 103 Å². The molecule has 0 aromatic rings. The Morgan fingerprint density at radius 3 is 2.59 bits per heavy atom. The summed E-state index contributed by atoms with van der Waals surface area (Å²) in [4.78, 5) is 15.0. The summed E-state index contributed by atoms with van der Waals surface area (Å²) in [5.41, 5.74) is 1.07. The predicted molar refractivity (Wildman–Crippen MR) is 68.9 cm³/mol. The maximum Gasteiger partial charge on any atom is 0.157 e. The lowest BCUT2D eigenvalue weighted by Gasteiger charge is -2.50. The number of Topliss-reactive ketones (excluding diaryl/α,β-unsaturated/α-hetero) is 1. The van der Waals surface area contributed by atoms with Crippen molar-refractivity contribution in [1.82, 2.24) is 4.90 Å². The molecule has 2 fully saturated rings. The summed E-state index contributed by atoms with van der Waals surface area (Å²) in [6.07, 6.45) is 14.4. The van der Waals surface area contributed by atoms with Crippen LogP contribution in [0.4, 0.5) is 0 Å². The van der Waals surface area contributed by atoms with Gasteiger partial charge in [0.15, 0.2) is 5.78 Å². The maximum atomic E-state index is 12.5. The van der Waals surface area contributed by atoms with Gasteiger partial charge in [0.05, 0.1) is 0 Å². The van der Waals surface area contributed by atoms with Crippen LogP contribution in [0.2, 0.25) is 0 Å². The van der Waals surface area contributed by atoms with Gasteiger partial charge >= 0.3 is 0 Å². The average molecular weight is 231 g/mol. The lowest BCUT2D eigenvalue weighted by molar-refractivity contribution is -0.134. The highest BCUT2D eigenvalue weighted by atomic mass is 16.1. The van der Waals surface area contributed by atoms with Crippen molar-refractivity contribution in [3.63, 3.8) is 0 Å². The van der Waals surface area contributed by atoms with Gasteiger partial charge in [-0.2, -0.15) is 0 Å². The van der Waals surface area contributed by atoms with Crippen LogP contribution < -0.4 is 0 Å². The first-order valence-corrected chi connectivity index (χ1v) is 6.99. The van der Waals surface area contributed by atoms with Crippen molar-refractivity contribution in [2.24, 2.45) is 0 Å². The van der Waals surface area contributed by atoms with E-state index >= 15 is 0 Å². The Kier molecular flexibility index (Phi) is 2.91. The Morgan fingerprint density at radius 2 is 2.00 bits per heavy atom. The van der Waals surface area contributed by atoms with Gasteiger partial charge in [-0.15, -0.1) is 0 Å². The van der Waals surface area contributed by atoms with Crippen molar-refractivity contribution in [2.45, 2.75) is 50.5 Å². The second kappa shape index (κ2) is 4.41. The third-order valence-electron chi connectivity index (χ3n) is 4.52. The molecule has 17 heavy (non-hydrogen) atoms. The summed E-state index contributed by atoms with van der Waals surface area (Å²) in [7, 11) is 0. The Bertz CT molecular complexity index is 378. The number of ketones is 1. The van der Waals surface area contributed by atoms with E-state index in [9.17, 15) is 4.79 Å². The van der Waals surface area contributed by atoms with Crippen molar-refractivity contribution in [2.75, 3.05) is 13.1 Å². The molecule has 0 N–H and O–H groups in total. The third-order valence-corrected chi connectivity index (χ3v) is 4.52. The number of carbonyl (C=O) groups is 1. The molecule has 1 heterocycles. The molecule has 2 aliphatic carbocycles. The lowest BCUT2D eigenvalue weighted by Crippen LogP contribution is -2.61. The fourth-order valence-corrected chi connectivity index (χ4v) is 3.45. The molecular weight excluding hydrogens is 210 g/mol. The van der Waals surface area contributed by atoms with Gasteiger partial charge in [0, 0.05) is 19.5 Å². The van der Waals surface area contributed by atoms with E-state index in [2.05, 4.69) is 23.1 Å². The second-order valence-electron chi connectivity index (χ2n) is 5.47. The van der Waals surface area contributed by atoms with E-state index in [0.717, 1.165) is 45.2 Å². The minimum atomic E-state index is -0.229. The number of likely N-dealkylation sites (tertiary alicyclic amines) is 1. The van der Waals surface area contributed by atoms with Gasteiger partial charge in [-0.3, -0.25) is 9.69 Å². The van der Waals surface area contributed by atoms with Gasteiger partial charge in [0.25, 0.3) is 0 Å². The quantitative estimate of drug-likeness (QED) is 0.728. The normalized spacial score (nSPS) is 34.4. The summed E-state index contributed by atoms with van der Waals surface area (Å²) in [6, 6.07) is 0. The van der Waals surface area contributed by atoms with Crippen LogP contribution >= 0.6 is 0 Å². The number of allylic oxidation sites excluding steroid dienone is 2. The molecule has 2 nitrogen and oxygen atoms in total. The number of rotatable bonds is 2. The zero-order valence-corrected chi connectivity index (χ0v) is 10.5. The van der Waals surface area contributed by atoms with Crippen molar-refractivity contribution >= 4 is 5.78 Å². The second-order valence-corrected chi connectivity index (χ2v) is 5.47. The van der Waals surface area contributed by atoms with E-state index in [0.29, 0.717) is 5.78 Å². The van der Waals surface area contributed by atoms with Crippen molar-refractivity contribution in [1.29, 1.82) is 0 Å². The molecule has 3 rings (SSSR count). The van der Waals surface area contributed by atoms with Gasteiger partial charge in [0.1, 0.15) is 5.54 Å². The first-order chi connectivity index (χ1) is 8.34. The Balaban J connectivity index is 1.97. The van der Waals surface area contributed by atoms with Crippen molar-refractivity contribution < 1.29 is 4.79 Å². The molecule has 1 saturated heterocycles. The number of nitrogens with zero attached hydrogens (tertiary/aromatic N) is 1. The molecule has 0 amide bonds. The number of carbonyl (C=O) groups excluding carboxylic acids is 1. The van der Waals surface area contributed by atoms with Crippen LogP contribution in [0.5, 0.6) is 0 Å². The monoisotopic (exact) mass is 231 g/mol. The molecule has 0 spiro atoms. The topological polar surface area (TPSA) is 20.3 Å². The van der Waals surface area contributed by atoms with Crippen LogP contribution in [0.15, 0.2) is 23.8 Å². The van der Waals surface area contributed by atoms with E-state index in [1.165, 1.54) is 18.4 Å². The molecule has 2 heteroatoms. The molecule has 0 unspecified atom stereocenters. The standard InChI is InChI=1S/C15H21NO/c17-14-9-4-5-10-15(14,16-11-6-12-16)13-7-2-1-3-8-13/h2,7-8H,1,3-6,9-12H2/t15-/m0/s1. The first kappa shape index (κ1) is 11.2.